The Kier molecular flexibility index (Phi) is 6.28. The van der Waals surface area contributed by atoms with Gasteiger partial charge >= 0.3 is 0 Å². The number of aliphatic carboxylic acids is 1. The molecule has 0 amide bonds. The van der Waals surface area contributed by atoms with Crippen molar-refractivity contribution in [2.45, 2.75) is 5.54 Å². The van der Waals surface area contributed by atoms with E-state index in [1.54, 1.807) is 5.38 Å². The van der Waals surface area contributed by atoms with Gasteiger partial charge in [0.2, 0.25) is 0 Å². The summed E-state index contributed by atoms with van der Waals surface area (Å²) in [6, 6.07) is 30.2. The summed E-state index contributed by atoms with van der Waals surface area (Å²) in [5.74, 6) is -1.45. The molecule has 6 nitrogen and oxygen atoms in total. The third kappa shape index (κ3) is 4.10. The number of aromatic nitrogens is 1. The zero-order valence-electron chi connectivity index (χ0n) is 17.3. The van der Waals surface area contributed by atoms with Gasteiger partial charge in [0.15, 0.2) is 10.8 Å². The molecule has 4 aromatic rings. The van der Waals surface area contributed by atoms with Crippen molar-refractivity contribution >= 4 is 28.1 Å². The van der Waals surface area contributed by atoms with Gasteiger partial charge in [-0.05, 0) is 16.7 Å². The first-order chi connectivity index (χ1) is 15.6. The molecule has 4 rings (SSSR count). The first kappa shape index (κ1) is 21.3. The van der Waals surface area contributed by atoms with Gasteiger partial charge in [0.05, 0.1) is 5.97 Å². The van der Waals surface area contributed by atoms with Crippen LogP contribution in [0.3, 0.4) is 0 Å². The Balaban J connectivity index is 1.90. The molecule has 160 valence electrons. The van der Waals surface area contributed by atoms with E-state index in [2.05, 4.69) is 56.7 Å². The molecule has 32 heavy (non-hydrogen) atoms. The number of hydrogen-bond acceptors (Lipinski definition) is 7. The van der Waals surface area contributed by atoms with E-state index in [0.29, 0.717) is 5.13 Å². The summed E-state index contributed by atoms with van der Waals surface area (Å²) >= 11 is 1.28. The number of carbonyl (C=O) groups is 1. The Morgan fingerprint density at radius 2 is 1.38 bits per heavy atom. The fourth-order valence-corrected chi connectivity index (χ4v) is 4.41. The van der Waals surface area contributed by atoms with Gasteiger partial charge in [-0.25, -0.2) is 4.98 Å². The second-order valence-electron chi connectivity index (χ2n) is 6.92. The number of hydrogen-bond donors (Lipinski definition) is 1. The maximum atomic E-state index is 11.5. The van der Waals surface area contributed by atoms with Gasteiger partial charge in [-0.3, -0.25) is 0 Å². The van der Waals surface area contributed by atoms with Gasteiger partial charge in [0, 0.05) is 5.38 Å². The Labute approximate surface area is 189 Å². The minimum atomic E-state index is -1.45. The minimum Gasteiger partial charge on any atom is -0.543 e. The van der Waals surface area contributed by atoms with Crippen LogP contribution in [0, 0.1) is 0 Å². The summed E-state index contributed by atoms with van der Waals surface area (Å²) in [5.41, 5.74) is 2.09. The summed E-state index contributed by atoms with van der Waals surface area (Å²) in [6.07, 6.45) is 0. The molecule has 0 unspecified atom stereocenters. The third-order valence-corrected chi connectivity index (χ3v) is 5.80. The molecule has 0 atom stereocenters. The van der Waals surface area contributed by atoms with E-state index in [-0.39, 0.29) is 11.4 Å². The lowest BCUT2D eigenvalue weighted by Gasteiger charge is -2.36. The number of anilines is 1. The predicted molar refractivity (Wildman–Crippen MR) is 123 cm³/mol. The van der Waals surface area contributed by atoms with E-state index in [9.17, 15) is 9.90 Å². The van der Waals surface area contributed by atoms with Crippen LogP contribution in [0.25, 0.3) is 0 Å². The Morgan fingerprint density at radius 1 is 0.906 bits per heavy atom. The topological polar surface area (TPSA) is 86.6 Å². The quantitative estimate of drug-likeness (QED) is 0.256. The molecule has 0 saturated heterocycles. The lowest BCUT2D eigenvalue weighted by molar-refractivity contribution is -0.294. The SMILES string of the molecule is CON=C(C(=O)[O-])c1csc(NC(c2ccccc2)(c2ccccc2)c2ccccc2)n1. The molecule has 7 heteroatoms. The van der Waals surface area contributed by atoms with Gasteiger partial charge in [-0.15, -0.1) is 11.3 Å². The zero-order chi connectivity index (χ0) is 22.4. The molecule has 0 bridgehead atoms. The van der Waals surface area contributed by atoms with Crippen molar-refractivity contribution in [3.63, 3.8) is 0 Å². The summed E-state index contributed by atoms with van der Waals surface area (Å²) in [5, 5.41) is 20.8. The molecule has 0 radical (unpaired) electrons. The second kappa shape index (κ2) is 9.45. The molecular weight excluding hydrogens is 422 g/mol. The van der Waals surface area contributed by atoms with E-state index >= 15 is 0 Å². The predicted octanol–water partition coefficient (Wildman–Crippen LogP) is 3.65. The molecule has 1 heterocycles. The highest BCUT2D eigenvalue weighted by molar-refractivity contribution is 7.14. The van der Waals surface area contributed by atoms with Crippen molar-refractivity contribution in [2.75, 3.05) is 12.4 Å². The van der Waals surface area contributed by atoms with Crippen LogP contribution in [-0.4, -0.2) is 23.8 Å². The lowest BCUT2D eigenvalue weighted by atomic mass is 9.77. The highest BCUT2D eigenvalue weighted by Crippen LogP contribution is 2.40. The van der Waals surface area contributed by atoms with Crippen LogP contribution >= 0.6 is 11.3 Å². The zero-order valence-corrected chi connectivity index (χ0v) is 18.1. The summed E-state index contributed by atoms with van der Waals surface area (Å²) in [6.45, 7) is 0. The summed E-state index contributed by atoms with van der Waals surface area (Å²) in [4.78, 5) is 20.6. The molecule has 1 aromatic heterocycles. The minimum absolute atomic E-state index is 0.169. The summed E-state index contributed by atoms with van der Waals surface area (Å²) < 4.78 is 0. The number of oxime groups is 1. The van der Waals surface area contributed by atoms with Crippen molar-refractivity contribution in [1.82, 2.24) is 4.98 Å². The highest BCUT2D eigenvalue weighted by Gasteiger charge is 2.37. The molecule has 3 aromatic carbocycles. The maximum absolute atomic E-state index is 11.5. The first-order valence-electron chi connectivity index (χ1n) is 9.88. The number of benzene rings is 3. The number of carboxylic acid groups (broad SMARTS) is 1. The van der Waals surface area contributed by atoms with Crippen molar-refractivity contribution in [3.8, 4) is 0 Å². The van der Waals surface area contributed by atoms with Gasteiger partial charge in [-0.1, -0.05) is 96.2 Å². The number of rotatable bonds is 8. The number of nitrogens with one attached hydrogen (secondary N) is 1. The normalized spacial score (nSPS) is 11.7. The van der Waals surface area contributed by atoms with Crippen molar-refractivity contribution in [2.24, 2.45) is 5.16 Å². The van der Waals surface area contributed by atoms with Crippen LogP contribution in [-0.2, 0) is 15.2 Å². The smallest absolute Gasteiger partial charge is 0.184 e. The number of carboxylic acids is 1. The van der Waals surface area contributed by atoms with E-state index in [4.69, 9.17) is 0 Å². The van der Waals surface area contributed by atoms with Crippen LogP contribution < -0.4 is 10.4 Å². The molecule has 0 aliphatic heterocycles. The van der Waals surface area contributed by atoms with E-state index in [0.717, 1.165) is 16.7 Å². The van der Waals surface area contributed by atoms with Gasteiger partial charge in [-0.2, -0.15) is 0 Å². The number of carbonyl (C=O) groups excluding carboxylic acids is 1. The van der Waals surface area contributed by atoms with Gasteiger partial charge in [0.1, 0.15) is 18.3 Å². The van der Waals surface area contributed by atoms with Crippen LogP contribution in [0.1, 0.15) is 22.4 Å². The molecule has 0 spiro atoms. The van der Waals surface area contributed by atoms with E-state index < -0.39 is 11.5 Å². The van der Waals surface area contributed by atoms with Crippen LogP contribution in [0.2, 0.25) is 0 Å². The van der Waals surface area contributed by atoms with Gasteiger partial charge < -0.3 is 20.1 Å². The Morgan fingerprint density at radius 3 is 1.78 bits per heavy atom. The average molecular weight is 443 g/mol. The monoisotopic (exact) mass is 442 g/mol. The standard InChI is InChI=1S/C25H21N3O3S/c1-31-28-22(23(29)30)21-17-32-24(26-21)27-25(18-11-5-2-6-12-18,19-13-7-3-8-14-19)20-15-9-4-10-16-20/h2-17H,1H3,(H,26,27)(H,29,30)/p-1. The lowest BCUT2D eigenvalue weighted by Crippen LogP contribution is -2.38. The van der Waals surface area contributed by atoms with Crippen LogP contribution in [0.15, 0.2) is 102 Å². The van der Waals surface area contributed by atoms with E-state index in [1.165, 1.54) is 18.4 Å². The largest absolute Gasteiger partial charge is 0.543 e. The molecule has 0 aliphatic carbocycles. The highest BCUT2D eigenvalue weighted by atomic mass is 32.1. The van der Waals surface area contributed by atoms with Crippen molar-refractivity contribution < 1.29 is 14.7 Å². The number of thiazole rings is 1. The van der Waals surface area contributed by atoms with Crippen molar-refractivity contribution in [1.29, 1.82) is 0 Å². The van der Waals surface area contributed by atoms with Crippen LogP contribution in [0.4, 0.5) is 5.13 Å². The third-order valence-electron chi connectivity index (χ3n) is 5.04. The fraction of sp³-hybridized carbons (Fsp3) is 0.0800. The number of nitrogens with zero attached hydrogens (tertiary/aromatic N) is 2. The molecular formula is C25H20N3O3S-. The van der Waals surface area contributed by atoms with Crippen molar-refractivity contribution in [3.05, 3.63) is 119 Å². The Bertz CT molecular complexity index is 1110. The molecule has 0 aliphatic rings. The second-order valence-corrected chi connectivity index (χ2v) is 7.78. The van der Waals surface area contributed by atoms with Gasteiger partial charge in [0.25, 0.3) is 0 Å². The summed E-state index contributed by atoms with van der Waals surface area (Å²) in [7, 11) is 1.28. The first-order valence-corrected chi connectivity index (χ1v) is 10.8. The maximum Gasteiger partial charge on any atom is 0.184 e. The molecule has 1 N–H and O–H groups in total. The fourth-order valence-electron chi connectivity index (χ4n) is 3.66. The van der Waals surface area contributed by atoms with E-state index in [1.807, 2.05) is 54.6 Å². The molecule has 0 saturated carbocycles. The Hall–Kier alpha value is -3.97. The average Bonchev–Trinajstić information content (AvgIpc) is 3.30. The molecule has 0 fully saturated rings. The van der Waals surface area contributed by atoms with Crippen LogP contribution in [0.5, 0.6) is 0 Å².